The number of sulfone groups is 1. The minimum Gasteiger partial charge on any atom is -0.452 e. The van der Waals surface area contributed by atoms with Crippen molar-refractivity contribution in [3.8, 4) is 0 Å². The molecule has 8 heteroatoms. The molecular weight excluding hydrogens is 422 g/mol. The molecule has 138 valence electrons. The number of halogens is 1. The third-order valence-corrected chi connectivity index (χ3v) is 6.27. The van der Waals surface area contributed by atoms with Crippen LogP contribution in [0.5, 0.6) is 0 Å². The van der Waals surface area contributed by atoms with Crippen LogP contribution in [0, 0.1) is 6.92 Å². The molecule has 0 radical (unpaired) electrons. The number of carbonyl (C=O) groups excluding carboxylic acids is 2. The first kappa shape index (κ1) is 20.1. The summed E-state index contributed by atoms with van der Waals surface area (Å²) in [6.45, 7) is 2.85. The number of ether oxygens (including phenoxy) is 1. The number of anilines is 1. The summed E-state index contributed by atoms with van der Waals surface area (Å²) in [5.41, 5.74) is 1.43. The van der Waals surface area contributed by atoms with Crippen molar-refractivity contribution in [2.24, 2.45) is 0 Å². The second kappa shape index (κ2) is 8.46. The van der Waals surface area contributed by atoms with Crippen molar-refractivity contribution in [2.75, 3.05) is 17.7 Å². The summed E-state index contributed by atoms with van der Waals surface area (Å²) in [4.78, 5) is 24.1. The molecule has 0 fully saturated rings. The smallest absolute Gasteiger partial charge is 0.339 e. The molecule has 0 unspecified atom stereocenters. The van der Waals surface area contributed by atoms with E-state index in [9.17, 15) is 18.0 Å². The van der Waals surface area contributed by atoms with Gasteiger partial charge in [0.1, 0.15) is 0 Å². The molecule has 1 N–H and O–H groups in total. The summed E-state index contributed by atoms with van der Waals surface area (Å²) in [6, 6.07) is 11.1. The zero-order chi connectivity index (χ0) is 19.3. The van der Waals surface area contributed by atoms with Crippen LogP contribution >= 0.6 is 15.9 Å². The molecule has 0 atom stereocenters. The van der Waals surface area contributed by atoms with Crippen molar-refractivity contribution in [3.05, 3.63) is 58.1 Å². The lowest BCUT2D eigenvalue weighted by atomic mass is 10.2. The highest BCUT2D eigenvalue weighted by Crippen LogP contribution is 2.20. The number of esters is 1. The highest BCUT2D eigenvalue weighted by molar-refractivity contribution is 9.10. The Hall–Kier alpha value is -2.19. The van der Waals surface area contributed by atoms with Crippen LogP contribution in [0.3, 0.4) is 0 Å². The van der Waals surface area contributed by atoms with Crippen molar-refractivity contribution in [1.29, 1.82) is 0 Å². The Morgan fingerprint density at radius 1 is 1.15 bits per heavy atom. The average Bonchev–Trinajstić information content (AvgIpc) is 2.62. The molecular formula is C18H18BrNO5S. The number of hydrogen-bond acceptors (Lipinski definition) is 5. The highest BCUT2D eigenvalue weighted by Gasteiger charge is 2.22. The maximum absolute atomic E-state index is 12.2. The first-order valence-electron chi connectivity index (χ1n) is 7.79. The number of carbonyl (C=O) groups is 2. The monoisotopic (exact) mass is 439 g/mol. The zero-order valence-electron chi connectivity index (χ0n) is 14.3. The second-order valence-electron chi connectivity index (χ2n) is 5.49. The van der Waals surface area contributed by atoms with Gasteiger partial charge in [0.15, 0.2) is 16.4 Å². The normalized spacial score (nSPS) is 11.0. The van der Waals surface area contributed by atoms with E-state index in [0.29, 0.717) is 5.69 Å². The van der Waals surface area contributed by atoms with Crippen molar-refractivity contribution in [3.63, 3.8) is 0 Å². The minimum absolute atomic E-state index is 0.0818. The number of rotatable bonds is 6. The summed E-state index contributed by atoms with van der Waals surface area (Å²) in [5, 5.41) is 2.62. The van der Waals surface area contributed by atoms with E-state index >= 15 is 0 Å². The van der Waals surface area contributed by atoms with E-state index < -0.39 is 28.3 Å². The topological polar surface area (TPSA) is 89.5 Å². The number of benzene rings is 2. The molecule has 0 aromatic heterocycles. The van der Waals surface area contributed by atoms with Gasteiger partial charge in [-0.2, -0.15) is 0 Å². The Bertz CT molecular complexity index is 940. The molecule has 0 bridgehead atoms. The molecule has 0 spiro atoms. The van der Waals surface area contributed by atoms with Gasteiger partial charge in [-0.25, -0.2) is 13.2 Å². The van der Waals surface area contributed by atoms with Crippen LogP contribution in [0.25, 0.3) is 0 Å². The first-order chi connectivity index (χ1) is 12.2. The fraction of sp³-hybridized carbons (Fsp3) is 0.222. The van der Waals surface area contributed by atoms with Gasteiger partial charge < -0.3 is 10.1 Å². The van der Waals surface area contributed by atoms with Gasteiger partial charge in [0.25, 0.3) is 5.91 Å². The number of nitrogens with one attached hydrogen (secondary N) is 1. The summed E-state index contributed by atoms with van der Waals surface area (Å²) in [5.74, 6) is -1.52. The molecule has 0 saturated heterocycles. The van der Waals surface area contributed by atoms with Gasteiger partial charge in [0.2, 0.25) is 0 Å². The van der Waals surface area contributed by atoms with Crippen molar-refractivity contribution < 1.29 is 22.7 Å². The molecule has 2 aromatic rings. The number of hydrogen-bond donors (Lipinski definition) is 1. The van der Waals surface area contributed by atoms with Crippen LogP contribution in [-0.2, 0) is 19.4 Å². The average molecular weight is 440 g/mol. The van der Waals surface area contributed by atoms with Gasteiger partial charge in [-0.05, 0) is 42.8 Å². The van der Waals surface area contributed by atoms with Gasteiger partial charge in [-0.3, -0.25) is 4.79 Å². The molecule has 2 aromatic carbocycles. The van der Waals surface area contributed by atoms with Crippen LogP contribution in [0.4, 0.5) is 5.69 Å². The molecule has 26 heavy (non-hydrogen) atoms. The predicted octanol–water partition coefficient (Wildman–Crippen LogP) is 3.35. The van der Waals surface area contributed by atoms with Gasteiger partial charge in [0.05, 0.1) is 16.2 Å². The van der Waals surface area contributed by atoms with Gasteiger partial charge in [-0.1, -0.05) is 35.0 Å². The Balaban J connectivity index is 2.05. The van der Waals surface area contributed by atoms with Gasteiger partial charge in [-0.15, -0.1) is 0 Å². The third kappa shape index (κ3) is 4.92. The van der Waals surface area contributed by atoms with E-state index in [2.05, 4.69) is 21.2 Å². The molecule has 0 aliphatic rings. The Morgan fingerprint density at radius 2 is 1.85 bits per heavy atom. The maximum atomic E-state index is 12.2. The van der Waals surface area contributed by atoms with E-state index in [-0.39, 0.29) is 16.2 Å². The lowest BCUT2D eigenvalue weighted by Crippen LogP contribution is -2.22. The Morgan fingerprint density at radius 3 is 2.50 bits per heavy atom. The standard InChI is InChI=1S/C18H18BrNO5S/c1-3-26(23,24)16-7-5-4-6-14(16)18(22)25-11-17(21)20-13-8-9-15(19)12(2)10-13/h4-10H,3,11H2,1-2H3,(H,20,21). The Kier molecular flexibility index (Phi) is 6.55. The maximum Gasteiger partial charge on any atom is 0.339 e. The lowest BCUT2D eigenvalue weighted by Gasteiger charge is -2.10. The first-order valence-corrected chi connectivity index (χ1v) is 10.2. The van der Waals surface area contributed by atoms with E-state index in [4.69, 9.17) is 4.74 Å². The van der Waals surface area contributed by atoms with Crippen LogP contribution in [-0.4, -0.2) is 32.7 Å². The minimum atomic E-state index is -3.58. The number of aryl methyl sites for hydroxylation is 1. The van der Waals surface area contributed by atoms with E-state index in [1.54, 1.807) is 18.2 Å². The van der Waals surface area contributed by atoms with Gasteiger partial charge in [0, 0.05) is 10.2 Å². The number of amides is 1. The molecule has 0 saturated carbocycles. The SMILES string of the molecule is CCS(=O)(=O)c1ccccc1C(=O)OCC(=O)Nc1ccc(Br)c(C)c1. The van der Waals surface area contributed by atoms with E-state index in [0.717, 1.165) is 10.0 Å². The third-order valence-electron chi connectivity index (χ3n) is 3.60. The summed E-state index contributed by atoms with van der Waals surface area (Å²) in [7, 11) is -3.58. The summed E-state index contributed by atoms with van der Waals surface area (Å²) in [6.07, 6.45) is 0. The molecule has 0 aliphatic heterocycles. The Labute approximate surface area is 160 Å². The van der Waals surface area contributed by atoms with Crippen molar-refractivity contribution in [1.82, 2.24) is 0 Å². The molecule has 0 aliphatic carbocycles. The van der Waals surface area contributed by atoms with Gasteiger partial charge >= 0.3 is 5.97 Å². The second-order valence-corrected chi connectivity index (χ2v) is 8.59. The fourth-order valence-corrected chi connectivity index (χ4v) is 3.52. The zero-order valence-corrected chi connectivity index (χ0v) is 16.7. The molecule has 6 nitrogen and oxygen atoms in total. The van der Waals surface area contributed by atoms with Crippen LogP contribution in [0.1, 0.15) is 22.8 Å². The van der Waals surface area contributed by atoms with Crippen LogP contribution in [0.2, 0.25) is 0 Å². The fourth-order valence-electron chi connectivity index (χ4n) is 2.19. The highest BCUT2D eigenvalue weighted by atomic mass is 79.9. The largest absolute Gasteiger partial charge is 0.452 e. The lowest BCUT2D eigenvalue weighted by molar-refractivity contribution is -0.119. The molecule has 2 rings (SSSR count). The van der Waals surface area contributed by atoms with Crippen molar-refractivity contribution >= 4 is 43.3 Å². The molecule has 1 amide bonds. The quantitative estimate of drug-likeness (QED) is 0.696. The van der Waals surface area contributed by atoms with Crippen molar-refractivity contribution in [2.45, 2.75) is 18.7 Å². The van der Waals surface area contributed by atoms with Crippen LogP contribution < -0.4 is 5.32 Å². The van der Waals surface area contributed by atoms with Crippen LogP contribution in [0.15, 0.2) is 51.8 Å². The van der Waals surface area contributed by atoms with E-state index in [1.165, 1.54) is 31.2 Å². The van der Waals surface area contributed by atoms with E-state index in [1.807, 2.05) is 6.92 Å². The summed E-state index contributed by atoms with van der Waals surface area (Å²) < 4.78 is 30.0. The predicted molar refractivity (Wildman–Crippen MR) is 102 cm³/mol. The summed E-state index contributed by atoms with van der Waals surface area (Å²) >= 11 is 3.37. The molecule has 0 heterocycles.